The minimum absolute atomic E-state index is 0.298. The zero-order valence-corrected chi connectivity index (χ0v) is 9.01. The lowest BCUT2D eigenvalue weighted by Gasteiger charge is -2.05. The Morgan fingerprint density at radius 3 is 3.00 bits per heavy atom. The second-order valence-corrected chi connectivity index (χ2v) is 4.06. The number of ether oxygens (including phenoxy) is 1. The van der Waals surface area contributed by atoms with Gasteiger partial charge in [-0.1, -0.05) is 12.1 Å². The monoisotopic (exact) mass is 216 g/mol. The van der Waals surface area contributed by atoms with Crippen molar-refractivity contribution in [2.45, 2.75) is 18.9 Å². The molecule has 82 valence electrons. The molecule has 4 nitrogen and oxygen atoms in total. The fraction of sp³-hybridized carbons (Fsp3) is 0.333. The lowest BCUT2D eigenvalue weighted by atomic mass is 10.1. The maximum absolute atomic E-state index is 11.7. The predicted molar refractivity (Wildman–Crippen MR) is 59.3 cm³/mol. The summed E-state index contributed by atoms with van der Waals surface area (Å²) in [6.45, 7) is 0. The molecule has 1 aromatic heterocycles. The van der Waals surface area contributed by atoms with E-state index in [-0.39, 0.29) is 5.97 Å². The molecule has 0 N–H and O–H groups in total. The van der Waals surface area contributed by atoms with E-state index in [0.717, 1.165) is 23.7 Å². The molecule has 0 unspecified atom stereocenters. The van der Waals surface area contributed by atoms with Gasteiger partial charge in [-0.2, -0.15) is 5.10 Å². The first kappa shape index (κ1) is 9.39. The van der Waals surface area contributed by atoms with Gasteiger partial charge in [0.25, 0.3) is 0 Å². The highest BCUT2D eigenvalue weighted by atomic mass is 16.5. The summed E-state index contributed by atoms with van der Waals surface area (Å²) in [5.74, 6) is -0.298. The Bertz CT molecular complexity index is 555. The van der Waals surface area contributed by atoms with Crippen molar-refractivity contribution in [3.8, 4) is 0 Å². The van der Waals surface area contributed by atoms with Crippen LogP contribution in [0.5, 0.6) is 0 Å². The molecule has 0 bridgehead atoms. The summed E-state index contributed by atoms with van der Waals surface area (Å²) in [7, 11) is 1.40. The van der Waals surface area contributed by atoms with Crippen molar-refractivity contribution in [2.75, 3.05) is 7.11 Å². The summed E-state index contributed by atoms with van der Waals surface area (Å²) in [6, 6.07) is 6.07. The third kappa shape index (κ3) is 1.30. The van der Waals surface area contributed by atoms with Gasteiger partial charge in [0, 0.05) is 5.39 Å². The van der Waals surface area contributed by atoms with Crippen LogP contribution in [0.15, 0.2) is 24.4 Å². The van der Waals surface area contributed by atoms with Gasteiger partial charge >= 0.3 is 5.97 Å². The lowest BCUT2D eigenvalue weighted by molar-refractivity contribution is 0.0602. The molecular weight excluding hydrogens is 204 g/mol. The number of aromatic nitrogens is 2. The molecule has 0 spiro atoms. The first-order valence-electron chi connectivity index (χ1n) is 5.36. The number of benzene rings is 1. The topological polar surface area (TPSA) is 44.1 Å². The molecule has 0 radical (unpaired) electrons. The standard InChI is InChI=1S/C12H12N2O2/c1-16-12(15)10-4-2-3-8-7-13-14(11(8)10)9-5-6-9/h2-4,7,9H,5-6H2,1H3. The van der Waals surface area contributed by atoms with Crippen LogP contribution in [0.1, 0.15) is 29.2 Å². The van der Waals surface area contributed by atoms with E-state index in [0.29, 0.717) is 11.6 Å². The van der Waals surface area contributed by atoms with Gasteiger partial charge in [-0.3, -0.25) is 4.68 Å². The molecule has 1 aromatic carbocycles. The summed E-state index contributed by atoms with van der Waals surface area (Å²) in [5, 5.41) is 5.34. The maximum atomic E-state index is 11.7. The van der Waals surface area contributed by atoms with Crippen molar-refractivity contribution in [2.24, 2.45) is 0 Å². The van der Waals surface area contributed by atoms with Crippen LogP contribution in [0.4, 0.5) is 0 Å². The summed E-state index contributed by atoms with van der Waals surface area (Å²) in [5.41, 5.74) is 1.50. The van der Waals surface area contributed by atoms with Crippen LogP contribution >= 0.6 is 0 Å². The van der Waals surface area contributed by atoms with Gasteiger partial charge < -0.3 is 4.74 Å². The van der Waals surface area contributed by atoms with Crippen molar-refractivity contribution < 1.29 is 9.53 Å². The molecule has 1 aliphatic carbocycles. The zero-order chi connectivity index (χ0) is 11.1. The Kier molecular flexibility index (Phi) is 1.96. The van der Waals surface area contributed by atoms with E-state index < -0.39 is 0 Å². The molecule has 0 saturated heterocycles. The van der Waals surface area contributed by atoms with E-state index in [1.165, 1.54) is 7.11 Å². The van der Waals surface area contributed by atoms with Crippen molar-refractivity contribution in [3.63, 3.8) is 0 Å². The fourth-order valence-electron chi connectivity index (χ4n) is 1.97. The molecule has 3 rings (SSSR count). The zero-order valence-electron chi connectivity index (χ0n) is 9.01. The van der Waals surface area contributed by atoms with Crippen molar-refractivity contribution in [1.29, 1.82) is 0 Å². The number of esters is 1. The third-order valence-corrected chi connectivity index (χ3v) is 2.92. The van der Waals surface area contributed by atoms with Gasteiger partial charge in [0.2, 0.25) is 0 Å². The lowest BCUT2D eigenvalue weighted by Crippen LogP contribution is -2.05. The number of para-hydroxylation sites is 1. The first-order chi connectivity index (χ1) is 7.81. The largest absolute Gasteiger partial charge is 0.465 e. The van der Waals surface area contributed by atoms with Gasteiger partial charge in [0.15, 0.2) is 0 Å². The van der Waals surface area contributed by atoms with Gasteiger partial charge in [-0.05, 0) is 18.9 Å². The fourth-order valence-corrected chi connectivity index (χ4v) is 1.97. The molecule has 1 aliphatic rings. The third-order valence-electron chi connectivity index (χ3n) is 2.92. The predicted octanol–water partition coefficient (Wildman–Crippen LogP) is 2.16. The quantitative estimate of drug-likeness (QED) is 0.722. The summed E-state index contributed by atoms with van der Waals surface area (Å²) < 4.78 is 6.73. The number of carbonyl (C=O) groups is 1. The van der Waals surface area contributed by atoms with E-state index in [4.69, 9.17) is 4.74 Å². The van der Waals surface area contributed by atoms with Crippen LogP contribution in [-0.4, -0.2) is 22.9 Å². The van der Waals surface area contributed by atoms with Crippen molar-refractivity contribution in [1.82, 2.24) is 9.78 Å². The molecule has 1 fully saturated rings. The van der Waals surface area contributed by atoms with Crippen LogP contribution in [-0.2, 0) is 4.74 Å². The minimum Gasteiger partial charge on any atom is -0.465 e. The number of rotatable bonds is 2. The Labute approximate surface area is 92.8 Å². The molecule has 0 aliphatic heterocycles. The molecule has 16 heavy (non-hydrogen) atoms. The van der Waals surface area contributed by atoms with Gasteiger partial charge in [0.05, 0.1) is 30.4 Å². The van der Waals surface area contributed by atoms with Gasteiger partial charge in [-0.15, -0.1) is 0 Å². The van der Waals surface area contributed by atoms with Crippen LogP contribution < -0.4 is 0 Å². The number of methoxy groups -OCH3 is 1. The average molecular weight is 216 g/mol. The second-order valence-electron chi connectivity index (χ2n) is 4.06. The number of carbonyl (C=O) groups excluding carboxylic acids is 1. The maximum Gasteiger partial charge on any atom is 0.340 e. The molecule has 1 heterocycles. The summed E-state index contributed by atoms with van der Waals surface area (Å²) in [4.78, 5) is 11.7. The van der Waals surface area contributed by atoms with E-state index >= 15 is 0 Å². The SMILES string of the molecule is COC(=O)c1cccc2cnn(C3CC3)c12. The van der Waals surface area contributed by atoms with Crippen LogP contribution in [0.2, 0.25) is 0 Å². The number of nitrogens with zero attached hydrogens (tertiary/aromatic N) is 2. The van der Waals surface area contributed by atoms with Crippen LogP contribution in [0, 0.1) is 0 Å². The van der Waals surface area contributed by atoms with Gasteiger partial charge in [-0.25, -0.2) is 4.79 Å². The minimum atomic E-state index is -0.298. The Balaban J connectivity index is 2.25. The summed E-state index contributed by atoms with van der Waals surface area (Å²) >= 11 is 0. The van der Waals surface area contributed by atoms with E-state index in [9.17, 15) is 4.79 Å². The Hall–Kier alpha value is -1.84. The highest BCUT2D eigenvalue weighted by Gasteiger charge is 2.27. The molecule has 4 heteroatoms. The molecule has 2 aromatic rings. The molecule has 0 amide bonds. The Morgan fingerprint density at radius 1 is 1.50 bits per heavy atom. The van der Waals surface area contributed by atoms with E-state index in [1.807, 2.05) is 16.8 Å². The number of hydrogen-bond acceptors (Lipinski definition) is 3. The molecular formula is C12H12N2O2. The highest BCUT2D eigenvalue weighted by Crippen LogP contribution is 2.37. The first-order valence-corrected chi connectivity index (χ1v) is 5.36. The number of hydrogen-bond donors (Lipinski definition) is 0. The molecule has 0 atom stereocenters. The smallest absolute Gasteiger partial charge is 0.340 e. The Morgan fingerprint density at radius 2 is 2.31 bits per heavy atom. The average Bonchev–Trinajstić information content (AvgIpc) is 3.07. The summed E-state index contributed by atoms with van der Waals surface area (Å²) in [6.07, 6.45) is 4.10. The van der Waals surface area contributed by atoms with Crippen molar-refractivity contribution >= 4 is 16.9 Å². The van der Waals surface area contributed by atoms with Gasteiger partial charge in [0.1, 0.15) is 0 Å². The van der Waals surface area contributed by atoms with Crippen molar-refractivity contribution in [3.05, 3.63) is 30.0 Å². The second kappa shape index (κ2) is 3.33. The highest BCUT2D eigenvalue weighted by molar-refractivity contribution is 6.02. The number of fused-ring (bicyclic) bond motifs is 1. The van der Waals surface area contributed by atoms with E-state index in [2.05, 4.69) is 5.10 Å². The van der Waals surface area contributed by atoms with E-state index in [1.54, 1.807) is 12.3 Å². The molecule has 1 saturated carbocycles. The van der Waals surface area contributed by atoms with Crippen LogP contribution in [0.25, 0.3) is 10.9 Å². The normalized spacial score (nSPS) is 15.3. The van der Waals surface area contributed by atoms with Crippen LogP contribution in [0.3, 0.4) is 0 Å².